The maximum Gasteiger partial charge on any atom is 0.306 e. The molecule has 15 nitrogen and oxygen atoms in total. The lowest BCUT2D eigenvalue weighted by Gasteiger charge is -2.42. The topological polar surface area (TPSA) is 231 Å². The lowest BCUT2D eigenvalue weighted by molar-refractivity contribution is -0.332. The van der Waals surface area contributed by atoms with Crippen LogP contribution < -0.4 is 0 Å². The highest BCUT2D eigenvalue weighted by Crippen LogP contribution is 2.27. The third-order valence-corrected chi connectivity index (χ3v) is 14.4. The second-order valence-corrected chi connectivity index (χ2v) is 21.2. The van der Waals surface area contributed by atoms with Crippen LogP contribution in [0.4, 0.5) is 0 Å². The van der Waals surface area contributed by atoms with E-state index in [0.717, 1.165) is 64.2 Å². The van der Waals surface area contributed by atoms with E-state index in [-0.39, 0.29) is 26.1 Å². The fourth-order valence-electron chi connectivity index (χ4n) is 9.53. The first-order valence-electron chi connectivity index (χ1n) is 29.9. The Kier molecular flexibility index (Phi) is 42.3. The summed E-state index contributed by atoms with van der Waals surface area (Å²) in [4.78, 5) is 25.9. The summed E-state index contributed by atoms with van der Waals surface area (Å²) in [5.74, 6) is -0.929. The molecule has 0 amide bonds. The van der Waals surface area contributed by atoms with E-state index in [0.29, 0.717) is 12.8 Å². The summed E-state index contributed by atoms with van der Waals surface area (Å²) in [6.07, 6.45) is 33.5. The molecule has 2 rings (SSSR count). The number of rotatable bonds is 48. The van der Waals surface area contributed by atoms with Crippen LogP contribution in [0.2, 0.25) is 0 Å². The summed E-state index contributed by atoms with van der Waals surface area (Å²) in [6, 6.07) is 0. The van der Waals surface area contributed by atoms with Gasteiger partial charge in [0.05, 0.1) is 19.8 Å². The van der Waals surface area contributed by atoms with Gasteiger partial charge in [-0.15, -0.1) is 0 Å². The van der Waals surface area contributed by atoms with Gasteiger partial charge in [0.2, 0.25) is 0 Å². The number of aliphatic hydroxyl groups is 7. The number of unbranched alkanes of at least 4 members (excludes halogenated alkanes) is 30. The van der Waals surface area contributed by atoms with Crippen molar-refractivity contribution in [3.63, 3.8) is 0 Å². The summed E-state index contributed by atoms with van der Waals surface area (Å²) in [5, 5.41) is 72.3. The molecule has 2 fully saturated rings. The zero-order chi connectivity index (χ0) is 53.9. The zero-order valence-electron chi connectivity index (χ0n) is 46.3. The third-order valence-electron chi connectivity index (χ3n) is 14.4. The number of carbonyl (C=O) groups excluding carboxylic acids is 2. The van der Waals surface area contributed by atoms with E-state index in [1.807, 2.05) is 0 Å². The first-order valence-corrected chi connectivity index (χ1v) is 29.9. The Bertz CT molecular complexity index is 1380. The number of esters is 2. The number of aliphatic hydroxyl groups excluding tert-OH is 7. The molecule has 0 bridgehead atoms. The van der Waals surface area contributed by atoms with Crippen molar-refractivity contribution in [2.75, 3.05) is 26.4 Å². The largest absolute Gasteiger partial charge is 0.462 e. The molecule has 2 saturated heterocycles. The van der Waals surface area contributed by atoms with Crippen LogP contribution in [0.15, 0.2) is 24.3 Å². The van der Waals surface area contributed by atoms with Gasteiger partial charge in [0.1, 0.15) is 55.4 Å². The van der Waals surface area contributed by atoms with Crippen molar-refractivity contribution < 1.29 is 73.8 Å². The van der Waals surface area contributed by atoms with E-state index >= 15 is 0 Å². The Morgan fingerprint density at radius 2 is 0.824 bits per heavy atom. The number of allylic oxidation sites excluding steroid dienone is 4. The van der Waals surface area contributed by atoms with Crippen LogP contribution >= 0.6 is 0 Å². The molecule has 7 N–H and O–H groups in total. The second-order valence-electron chi connectivity index (χ2n) is 21.2. The van der Waals surface area contributed by atoms with Crippen LogP contribution in [0.3, 0.4) is 0 Å². The molecule has 0 saturated carbocycles. The van der Waals surface area contributed by atoms with Crippen LogP contribution in [0.25, 0.3) is 0 Å². The molecule has 0 radical (unpaired) electrons. The summed E-state index contributed by atoms with van der Waals surface area (Å²) in [5.41, 5.74) is 0. The Hall–Kier alpha value is -2.02. The van der Waals surface area contributed by atoms with Gasteiger partial charge in [-0.25, -0.2) is 0 Å². The van der Waals surface area contributed by atoms with Crippen molar-refractivity contribution >= 4 is 11.9 Å². The van der Waals surface area contributed by atoms with Crippen LogP contribution in [0.5, 0.6) is 0 Å². The summed E-state index contributed by atoms with van der Waals surface area (Å²) < 4.78 is 33.7. The van der Waals surface area contributed by atoms with Crippen LogP contribution in [0.1, 0.15) is 245 Å². The molecule has 434 valence electrons. The summed E-state index contributed by atoms with van der Waals surface area (Å²) in [7, 11) is 0. The minimum atomic E-state index is -1.77. The Labute approximate surface area is 447 Å². The van der Waals surface area contributed by atoms with Crippen LogP contribution in [-0.4, -0.2) is 142 Å². The van der Waals surface area contributed by atoms with Gasteiger partial charge in [-0.05, 0) is 38.5 Å². The molecular formula is C59H108O15. The molecular weight excluding hydrogens is 949 g/mol. The fraction of sp³-hybridized carbons (Fsp3) is 0.898. The molecule has 74 heavy (non-hydrogen) atoms. The van der Waals surface area contributed by atoms with E-state index < -0.39 is 92.7 Å². The van der Waals surface area contributed by atoms with Crippen LogP contribution in [0, 0.1) is 0 Å². The number of carbonyl (C=O) groups is 2. The van der Waals surface area contributed by atoms with Gasteiger partial charge >= 0.3 is 11.9 Å². The van der Waals surface area contributed by atoms with Gasteiger partial charge in [-0.3, -0.25) is 9.59 Å². The van der Waals surface area contributed by atoms with E-state index in [9.17, 15) is 45.3 Å². The molecule has 2 aliphatic heterocycles. The summed E-state index contributed by atoms with van der Waals surface area (Å²) in [6.45, 7) is 2.58. The first kappa shape index (κ1) is 68.1. The smallest absolute Gasteiger partial charge is 0.306 e. The maximum atomic E-state index is 13.0. The average molecular weight is 1060 g/mol. The van der Waals surface area contributed by atoms with E-state index in [2.05, 4.69) is 38.2 Å². The van der Waals surface area contributed by atoms with Crippen molar-refractivity contribution in [1.82, 2.24) is 0 Å². The lowest BCUT2D eigenvalue weighted by Crippen LogP contribution is -2.61. The van der Waals surface area contributed by atoms with Gasteiger partial charge in [-0.1, -0.05) is 218 Å². The molecule has 11 unspecified atom stereocenters. The molecule has 2 aliphatic rings. The number of hydrogen-bond donors (Lipinski definition) is 7. The second kappa shape index (κ2) is 45.9. The molecule has 2 heterocycles. The van der Waals surface area contributed by atoms with Gasteiger partial charge in [0.25, 0.3) is 0 Å². The van der Waals surface area contributed by atoms with Gasteiger partial charge in [0, 0.05) is 12.8 Å². The van der Waals surface area contributed by atoms with E-state index in [4.69, 9.17) is 28.4 Å². The average Bonchev–Trinajstić information content (AvgIpc) is 3.39. The van der Waals surface area contributed by atoms with Crippen LogP contribution in [-0.2, 0) is 38.0 Å². The summed E-state index contributed by atoms with van der Waals surface area (Å²) >= 11 is 0. The Morgan fingerprint density at radius 1 is 0.432 bits per heavy atom. The highest BCUT2D eigenvalue weighted by atomic mass is 16.7. The quantitative estimate of drug-likeness (QED) is 0.0171. The standard InChI is InChI=1S/C59H108O15/c1-3-5-7-9-11-13-15-17-19-20-21-22-23-24-25-26-27-28-30-31-33-35-37-39-41-50(61)69-44-47(72-51(62)42-40-38-36-34-32-29-18-16-14-12-10-8-6-4-2)45-70-58-57(68)55(66)53(64)49(74-58)46-71-59-56(67)54(65)52(63)48(43-60)73-59/h10,12,16,18,47-49,52-60,63-68H,3-9,11,13-15,17,19-46H2,1-2H3/b12-10-,18-16-. The first-order chi connectivity index (χ1) is 36.0. The van der Waals surface area contributed by atoms with Crippen molar-refractivity contribution in [2.45, 2.75) is 313 Å². The highest BCUT2D eigenvalue weighted by Gasteiger charge is 2.47. The molecule has 0 aromatic heterocycles. The van der Waals surface area contributed by atoms with Gasteiger partial charge in [0.15, 0.2) is 18.7 Å². The molecule has 0 aromatic rings. The van der Waals surface area contributed by atoms with E-state index in [1.165, 1.54) is 141 Å². The van der Waals surface area contributed by atoms with Crippen molar-refractivity contribution in [1.29, 1.82) is 0 Å². The fourth-order valence-corrected chi connectivity index (χ4v) is 9.53. The van der Waals surface area contributed by atoms with E-state index in [1.54, 1.807) is 0 Å². The minimum absolute atomic E-state index is 0.152. The normalized spacial score (nSPS) is 24.8. The highest BCUT2D eigenvalue weighted by molar-refractivity contribution is 5.70. The third kappa shape index (κ3) is 32.7. The van der Waals surface area contributed by atoms with Crippen molar-refractivity contribution in [2.24, 2.45) is 0 Å². The van der Waals surface area contributed by atoms with Gasteiger partial charge in [-0.2, -0.15) is 0 Å². The van der Waals surface area contributed by atoms with Crippen molar-refractivity contribution in [3.8, 4) is 0 Å². The van der Waals surface area contributed by atoms with Crippen molar-refractivity contribution in [3.05, 3.63) is 24.3 Å². The predicted molar refractivity (Wildman–Crippen MR) is 289 cm³/mol. The molecule has 15 heteroatoms. The minimum Gasteiger partial charge on any atom is -0.462 e. The Balaban J connectivity index is 1.70. The number of hydrogen-bond acceptors (Lipinski definition) is 15. The molecule has 0 spiro atoms. The molecule has 0 aromatic carbocycles. The zero-order valence-corrected chi connectivity index (χ0v) is 46.3. The monoisotopic (exact) mass is 1060 g/mol. The predicted octanol–water partition coefficient (Wildman–Crippen LogP) is 10.3. The maximum absolute atomic E-state index is 13.0. The Morgan fingerprint density at radius 3 is 1.30 bits per heavy atom. The number of ether oxygens (including phenoxy) is 6. The molecule has 0 aliphatic carbocycles. The SMILES string of the molecule is CCCC/C=C\C/C=C\CCCCCCCC(=O)OC(COC(=O)CCCCCCCCCCCCCCCCCCCCCCCCCC)COC1OC(COC2OC(CO)C(O)C(O)C2O)C(O)C(O)C1O. The molecule has 11 atom stereocenters. The lowest BCUT2D eigenvalue weighted by atomic mass is 9.98. The van der Waals surface area contributed by atoms with Gasteiger partial charge < -0.3 is 64.2 Å².